The molecule has 1 N–H and O–H groups in total. The van der Waals surface area contributed by atoms with Gasteiger partial charge in [-0.25, -0.2) is 26.4 Å². The molecule has 0 spiro atoms. The second kappa shape index (κ2) is 7.82. The molecule has 1 aliphatic carbocycles. The Morgan fingerprint density at radius 1 is 1.17 bits per heavy atom. The molecule has 3 aromatic rings. The normalized spacial score (nSPS) is 17.8. The van der Waals surface area contributed by atoms with Gasteiger partial charge in [0.05, 0.1) is 41.6 Å². The Morgan fingerprint density at radius 2 is 1.80 bits per heavy atom. The molecule has 0 radical (unpaired) electrons. The second-order valence-corrected chi connectivity index (χ2v) is 10.6. The van der Waals surface area contributed by atoms with Crippen molar-refractivity contribution >= 4 is 26.9 Å². The number of halogens is 3. The van der Waals surface area contributed by atoms with Crippen LogP contribution in [0.25, 0.3) is 22.0 Å². The molecule has 1 saturated carbocycles. The minimum Gasteiger partial charge on any atom is -0.494 e. The molecule has 2 fully saturated rings. The third kappa shape index (κ3) is 3.76. The Bertz CT molecular complexity index is 1540. The monoisotopic (exact) mass is 508 g/mol. The molecule has 8 nitrogen and oxygen atoms in total. The topological polar surface area (TPSA) is 106 Å². The molecule has 35 heavy (non-hydrogen) atoms. The fourth-order valence-corrected chi connectivity index (χ4v) is 5.79. The highest BCUT2D eigenvalue weighted by Gasteiger charge is 2.49. The van der Waals surface area contributed by atoms with Crippen LogP contribution >= 0.6 is 0 Å². The lowest BCUT2D eigenvalue weighted by atomic mass is 10.00. The zero-order valence-corrected chi connectivity index (χ0v) is 19.1. The smallest absolute Gasteiger partial charge is 0.341 e. The summed E-state index contributed by atoms with van der Waals surface area (Å²) < 4.78 is 74.5. The van der Waals surface area contributed by atoms with Gasteiger partial charge in [0.1, 0.15) is 11.4 Å². The van der Waals surface area contributed by atoms with Gasteiger partial charge in [-0.05, 0) is 36.6 Å². The summed E-state index contributed by atoms with van der Waals surface area (Å²) in [6.45, 7) is -1.80. The summed E-state index contributed by atoms with van der Waals surface area (Å²) in [5.74, 6) is -5.35. The van der Waals surface area contributed by atoms with E-state index in [1.165, 1.54) is 37.6 Å². The molecule has 5 rings (SSSR count). The van der Waals surface area contributed by atoms with Gasteiger partial charge in [-0.3, -0.25) is 4.79 Å². The highest BCUT2D eigenvalue weighted by atomic mass is 32.2. The molecule has 1 aliphatic heterocycles. The van der Waals surface area contributed by atoms with Crippen LogP contribution in [-0.4, -0.2) is 54.5 Å². The van der Waals surface area contributed by atoms with Crippen molar-refractivity contribution in [1.82, 2.24) is 8.87 Å². The van der Waals surface area contributed by atoms with Crippen LogP contribution in [0.1, 0.15) is 29.2 Å². The summed E-state index contributed by atoms with van der Waals surface area (Å²) >= 11 is 0. The minimum atomic E-state index is -4.13. The molecule has 0 amide bonds. The molecule has 12 heteroatoms. The first-order valence-corrected chi connectivity index (χ1v) is 12.1. The van der Waals surface area contributed by atoms with Crippen molar-refractivity contribution in [3.63, 3.8) is 0 Å². The number of fused-ring (bicyclic) bond motifs is 1. The fraction of sp³-hybridized carbons (Fsp3) is 0.304. The van der Waals surface area contributed by atoms with Crippen LogP contribution in [0, 0.1) is 5.82 Å². The molecule has 1 saturated heterocycles. The van der Waals surface area contributed by atoms with E-state index in [2.05, 4.69) is 0 Å². The quantitative estimate of drug-likeness (QED) is 0.547. The van der Waals surface area contributed by atoms with Crippen LogP contribution in [0.4, 0.5) is 13.2 Å². The SMILES string of the molecule is COc1c(-c2ccc(S(=O)(=O)N3CC(F)(F)C3)cc2)c(F)cc2c(=O)c(C(=O)O)cn(C3CC3)c12. The Labute approximate surface area is 197 Å². The molecule has 1 aromatic heterocycles. The number of ether oxygens (including phenoxy) is 1. The van der Waals surface area contributed by atoms with Crippen LogP contribution in [0.15, 0.2) is 46.2 Å². The first-order valence-electron chi connectivity index (χ1n) is 10.6. The highest BCUT2D eigenvalue weighted by Crippen LogP contribution is 2.44. The first-order chi connectivity index (χ1) is 16.4. The van der Waals surface area contributed by atoms with Crippen LogP contribution < -0.4 is 10.2 Å². The third-order valence-corrected chi connectivity index (χ3v) is 8.00. The summed E-state index contributed by atoms with van der Waals surface area (Å²) in [4.78, 5) is 24.1. The van der Waals surface area contributed by atoms with Crippen LogP contribution in [0.2, 0.25) is 0 Å². The number of carboxylic acid groups (broad SMARTS) is 1. The van der Waals surface area contributed by atoms with Gasteiger partial charge < -0.3 is 14.4 Å². The van der Waals surface area contributed by atoms with Gasteiger partial charge in [-0.15, -0.1) is 0 Å². The van der Waals surface area contributed by atoms with Crippen LogP contribution in [0.3, 0.4) is 0 Å². The van der Waals surface area contributed by atoms with E-state index in [9.17, 15) is 31.9 Å². The molecule has 0 atom stereocenters. The van der Waals surface area contributed by atoms with Crippen molar-refractivity contribution in [3.05, 3.63) is 58.1 Å². The number of aromatic nitrogens is 1. The number of pyridine rings is 1. The lowest BCUT2D eigenvalue weighted by Gasteiger charge is -2.37. The number of sulfonamides is 1. The van der Waals surface area contributed by atoms with Crippen molar-refractivity contribution < 1.29 is 36.2 Å². The number of carbonyl (C=O) groups is 1. The van der Waals surface area contributed by atoms with E-state index in [0.29, 0.717) is 4.31 Å². The first kappa shape index (κ1) is 23.4. The third-order valence-electron chi connectivity index (χ3n) is 6.19. The number of aromatic carboxylic acids is 1. The van der Waals surface area contributed by atoms with E-state index in [-0.39, 0.29) is 38.7 Å². The maximum atomic E-state index is 15.3. The average molecular weight is 508 g/mol. The Morgan fingerprint density at radius 3 is 2.31 bits per heavy atom. The predicted molar refractivity (Wildman–Crippen MR) is 119 cm³/mol. The van der Waals surface area contributed by atoms with Gasteiger partial charge in [-0.1, -0.05) is 12.1 Å². The number of nitrogens with zero attached hydrogens (tertiary/aromatic N) is 2. The molecular formula is C23H19F3N2O6S. The lowest BCUT2D eigenvalue weighted by Crippen LogP contribution is -2.58. The number of alkyl halides is 2. The summed E-state index contributed by atoms with van der Waals surface area (Å²) in [5, 5.41) is 9.28. The number of methoxy groups -OCH3 is 1. The maximum Gasteiger partial charge on any atom is 0.341 e. The molecule has 0 bridgehead atoms. The van der Waals surface area contributed by atoms with Crippen molar-refractivity contribution in [2.45, 2.75) is 29.7 Å². The molecule has 2 heterocycles. The number of carboxylic acids is 1. The van der Waals surface area contributed by atoms with Crippen molar-refractivity contribution in [2.24, 2.45) is 0 Å². The van der Waals surface area contributed by atoms with Crippen LogP contribution in [-0.2, 0) is 10.0 Å². The Hall–Kier alpha value is -3.38. The van der Waals surface area contributed by atoms with E-state index < -0.39 is 51.8 Å². The Kier molecular flexibility index (Phi) is 5.22. The van der Waals surface area contributed by atoms with Crippen LogP contribution in [0.5, 0.6) is 5.75 Å². The van der Waals surface area contributed by atoms with E-state index in [1.54, 1.807) is 4.57 Å². The predicted octanol–water partition coefficient (Wildman–Crippen LogP) is 3.49. The average Bonchev–Trinajstić information content (AvgIpc) is 3.62. The van der Waals surface area contributed by atoms with E-state index in [1.807, 2.05) is 0 Å². The van der Waals surface area contributed by atoms with Crippen molar-refractivity contribution in [3.8, 4) is 16.9 Å². The van der Waals surface area contributed by atoms with Crippen molar-refractivity contribution in [2.75, 3.05) is 20.2 Å². The molecular weight excluding hydrogens is 489 g/mol. The van der Waals surface area contributed by atoms with Gasteiger partial charge in [-0.2, -0.15) is 4.31 Å². The minimum absolute atomic E-state index is 0.000990. The standard InChI is InChI=1S/C23H19F3N2O6S/c1-34-21-18(12-2-6-14(7-3-12)35(32,33)27-10-23(25,26)11-27)17(24)8-15-19(21)28(13-4-5-13)9-16(20(15)29)22(30)31/h2-3,6-9,13H,4-5,10-11H2,1H3,(H,30,31). The maximum absolute atomic E-state index is 15.3. The molecule has 2 aliphatic rings. The van der Waals surface area contributed by atoms with Gasteiger partial charge in [0.2, 0.25) is 15.5 Å². The molecule has 0 unspecified atom stereocenters. The molecule has 2 aromatic carbocycles. The Balaban J connectivity index is 1.65. The summed E-state index contributed by atoms with van der Waals surface area (Å²) in [7, 11) is -2.85. The number of hydrogen-bond acceptors (Lipinski definition) is 5. The number of hydrogen-bond donors (Lipinski definition) is 1. The van der Waals surface area contributed by atoms with Gasteiger partial charge in [0, 0.05) is 12.2 Å². The zero-order chi connectivity index (χ0) is 25.3. The fourth-order valence-electron chi connectivity index (χ4n) is 4.30. The largest absolute Gasteiger partial charge is 0.494 e. The van der Waals surface area contributed by atoms with E-state index in [0.717, 1.165) is 18.9 Å². The number of rotatable bonds is 6. The van der Waals surface area contributed by atoms with E-state index in [4.69, 9.17) is 4.74 Å². The lowest BCUT2D eigenvalue weighted by molar-refractivity contribution is -0.0945. The summed E-state index contributed by atoms with van der Waals surface area (Å²) in [5.41, 5.74) is -0.908. The number of benzene rings is 2. The summed E-state index contributed by atoms with van der Waals surface area (Å²) in [6.07, 6.45) is 2.72. The van der Waals surface area contributed by atoms with Crippen molar-refractivity contribution in [1.29, 1.82) is 0 Å². The zero-order valence-electron chi connectivity index (χ0n) is 18.3. The van der Waals surface area contributed by atoms with Gasteiger partial charge in [0.25, 0.3) is 5.92 Å². The molecule has 184 valence electrons. The summed E-state index contributed by atoms with van der Waals surface area (Å²) in [6, 6.07) is 5.89. The van der Waals surface area contributed by atoms with E-state index >= 15 is 4.39 Å². The second-order valence-electron chi connectivity index (χ2n) is 8.63. The van der Waals surface area contributed by atoms with Gasteiger partial charge in [0.15, 0.2) is 5.75 Å². The highest BCUT2D eigenvalue weighted by molar-refractivity contribution is 7.89. The van der Waals surface area contributed by atoms with Gasteiger partial charge >= 0.3 is 5.97 Å².